The molecule has 19 heteroatoms. The lowest BCUT2D eigenvalue weighted by atomic mass is 10.00. The third kappa shape index (κ3) is 63.5. The van der Waals surface area contributed by atoms with E-state index in [0.717, 1.165) is 120 Å². The standard InChI is InChI=1S/C71H138O17P2/c1-9-64(8)50-42-34-29-30-36-44-52-69(74)82-58-67(88-70(75)53-45-37-26-20-16-12-10-11-14-18-23-31-39-47-61(2)3)60-86-90(79,80)84-56-65(72)55-83-89(77,78)85-59-66(57-81-68(73)51-43-35-28-22-25-33-41-49-63(6)7)87-71(76)54-46-38-27-21-17-13-15-19-24-32-40-48-62(4)5/h61-67,72H,9-60H2,1-8H3,(H,77,78)(H,79,80)/t64?,65?,66-,67-/m1/s1. The summed E-state index contributed by atoms with van der Waals surface area (Å²) < 4.78 is 68.3. The van der Waals surface area contributed by atoms with Crippen LogP contribution in [0.2, 0.25) is 0 Å². The monoisotopic (exact) mass is 1320 g/mol. The highest BCUT2D eigenvalue weighted by Crippen LogP contribution is 2.45. The number of rotatable bonds is 68. The number of phosphoric ester groups is 2. The molecule has 0 aliphatic rings. The highest BCUT2D eigenvalue weighted by molar-refractivity contribution is 7.47. The highest BCUT2D eigenvalue weighted by Gasteiger charge is 2.30. The van der Waals surface area contributed by atoms with Crippen LogP contribution in [0.4, 0.5) is 0 Å². The predicted molar refractivity (Wildman–Crippen MR) is 363 cm³/mol. The molecule has 0 aliphatic heterocycles. The molecule has 0 aromatic heterocycles. The van der Waals surface area contributed by atoms with Crippen LogP contribution in [-0.2, 0) is 65.4 Å². The Kier molecular flexibility index (Phi) is 59.4. The van der Waals surface area contributed by atoms with Gasteiger partial charge in [0.05, 0.1) is 26.4 Å². The maximum absolute atomic E-state index is 13.0. The van der Waals surface area contributed by atoms with E-state index in [0.29, 0.717) is 31.6 Å². The van der Waals surface area contributed by atoms with Crippen LogP contribution in [0.5, 0.6) is 0 Å². The van der Waals surface area contributed by atoms with E-state index in [-0.39, 0.29) is 25.7 Å². The smallest absolute Gasteiger partial charge is 0.462 e. The van der Waals surface area contributed by atoms with Gasteiger partial charge < -0.3 is 33.8 Å². The summed E-state index contributed by atoms with van der Waals surface area (Å²) in [6.07, 6.45) is 43.1. The van der Waals surface area contributed by atoms with Crippen LogP contribution in [0.15, 0.2) is 0 Å². The first-order valence-electron chi connectivity index (χ1n) is 36.7. The molecule has 0 fully saturated rings. The summed E-state index contributed by atoms with van der Waals surface area (Å²) >= 11 is 0. The molecule has 3 N–H and O–H groups in total. The SMILES string of the molecule is CCC(C)CCCCCCCCC(=O)OC[C@H](COP(=O)(O)OCC(O)COP(=O)(O)OC[C@@H](COC(=O)CCCCCCCCCC(C)C)OC(=O)CCCCCCCCCCCCCC(C)C)OC(=O)CCCCCCCCCCCCCCCC(C)C. The van der Waals surface area contributed by atoms with E-state index in [1.54, 1.807) is 0 Å². The van der Waals surface area contributed by atoms with Gasteiger partial charge in [0.25, 0.3) is 0 Å². The molecular formula is C71H138O17P2. The van der Waals surface area contributed by atoms with Gasteiger partial charge in [0.1, 0.15) is 19.3 Å². The minimum Gasteiger partial charge on any atom is -0.462 e. The second kappa shape index (κ2) is 60.7. The van der Waals surface area contributed by atoms with Crippen LogP contribution in [0.3, 0.4) is 0 Å². The molecule has 90 heavy (non-hydrogen) atoms. The molecule has 0 heterocycles. The van der Waals surface area contributed by atoms with E-state index >= 15 is 0 Å². The summed E-state index contributed by atoms with van der Waals surface area (Å²) in [7, 11) is -9.90. The average molecular weight is 1330 g/mol. The van der Waals surface area contributed by atoms with Crippen molar-refractivity contribution in [1.82, 2.24) is 0 Å². The van der Waals surface area contributed by atoms with E-state index in [4.69, 9.17) is 37.0 Å². The molecule has 17 nitrogen and oxygen atoms in total. The number of unbranched alkanes of at least 4 members (excludes halogenated alkanes) is 33. The van der Waals surface area contributed by atoms with Crippen molar-refractivity contribution in [2.75, 3.05) is 39.6 Å². The molecule has 4 unspecified atom stereocenters. The summed E-state index contributed by atoms with van der Waals surface area (Å²) in [5, 5.41) is 10.6. The van der Waals surface area contributed by atoms with Crippen LogP contribution >= 0.6 is 15.6 Å². The Morgan fingerprint density at radius 3 is 0.789 bits per heavy atom. The van der Waals surface area contributed by atoms with Gasteiger partial charge in [-0.25, -0.2) is 9.13 Å². The predicted octanol–water partition coefficient (Wildman–Crippen LogP) is 20.1. The zero-order chi connectivity index (χ0) is 66.8. The van der Waals surface area contributed by atoms with Gasteiger partial charge in [-0.1, -0.05) is 299 Å². The minimum atomic E-state index is -4.95. The number of carbonyl (C=O) groups excluding carboxylic acids is 4. The van der Waals surface area contributed by atoms with Gasteiger partial charge in [-0.2, -0.15) is 0 Å². The fraction of sp³-hybridized carbons (Fsp3) is 0.944. The Hall–Kier alpha value is -1.94. The lowest BCUT2D eigenvalue weighted by molar-refractivity contribution is -0.161. The molecular weight excluding hydrogens is 1190 g/mol. The summed E-state index contributed by atoms with van der Waals surface area (Å²) in [6, 6.07) is 0. The fourth-order valence-corrected chi connectivity index (χ4v) is 12.2. The molecule has 0 bridgehead atoms. The van der Waals surface area contributed by atoms with Crippen LogP contribution in [0, 0.1) is 23.7 Å². The highest BCUT2D eigenvalue weighted by atomic mass is 31.2. The number of aliphatic hydroxyl groups excluding tert-OH is 1. The van der Waals surface area contributed by atoms with Crippen LogP contribution in [0.25, 0.3) is 0 Å². The van der Waals surface area contributed by atoms with E-state index in [1.807, 2.05) is 0 Å². The number of phosphoric acid groups is 2. The van der Waals surface area contributed by atoms with Crippen molar-refractivity contribution in [3.05, 3.63) is 0 Å². The van der Waals surface area contributed by atoms with Crippen LogP contribution in [0.1, 0.15) is 351 Å². The molecule has 0 aliphatic carbocycles. The van der Waals surface area contributed by atoms with Gasteiger partial charge in [0, 0.05) is 25.7 Å². The Balaban J connectivity index is 5.24. The largest absolute Gasteiger partial charge is 0.472 e. The van der Waals surface area contributed by atoms with Crippen molar-refractivity contribution in [3.63, 3.8) is 0 Å². The van der Waals surface area contributed by atoms with Gasteiger partial charge in [-0.3, -0.25) is 37.3 Å². The van der Waals surface area contributed by atoms with Crippen LogP contribution < -0.4 is 0 Å². The first-order chi connectivity index (χ1) is 43.1. The molecule has 0 aromatic rings. The molecule has 0 spiro atoms. The summed E-state index contributed by atoms with van der Waals surface area (Å²) in [4.78, 5) is 72.6. The number of hydrogen-bond acceptors (Lipinski definition) is 15. The molecule has 0 aromatic carbocycles. The summed E-state index contributed by atoms with van der Waals surface area (Å²) in [6.45, 7) is 14.1. The normalized spacial score (nSPS) is 14.6. The average Bonchev–Trinajstić information content (AvgIpc) is 3.24. The Bertz CT molecular complexity index is 1780. The Morgan fingerprint density at radius 1 is 0.311 bits per heavy atom. The zero-order valence-electron chi connectivity index (χ0n) is 58.8. The first-order valence-corrected chi connectivity index (χ1v) is 39.7. The summed E-state index contributed by atoms with van der Waals surface area (Å²) in [5.74, 6) is 0.858. The van der Waals surface area contributed by atoms with Crippen molar-refractivity contribution < 1.29 is 80.2 Å². The molecule has 0 radical (unpaired) electrons. The van der Waals surface area contributed by atoms with Crippen molar-refractivity contribution in [2.45, 2.75) is 369 Å². The Morgan fingerprint density at radius 2 is 0.533 bits per heavy atom. The van der Waals surface area contributed by atoms with E-state index in [9.17, 15) is 43.2 Å². The second-order valence-corrected chi connectivity index (χ2v) is 30.2. The number of ether oxygens (including phenoxy) is 4. The first kappa shape index (κ1) is 88.1. The van der Waals surface area contributed by atoms with Crippen molar-refractivity contribution >= 4 is 39.5 Å². The molecule has 0 saturated heterocycles. The van der Waals surface area contributed by atoms with Gasteiger partial charge in [0.15, 0.2) is 12.2 Å². The van der Waals surface area contributed by atoms with E-state index in [2.05, 4.69) is 55.4 Å². The quantitative estimate of drug-likeness (QED) is 0.0222. The number of aliphatic hydroxyl groups is 1. The van der Waals surface area contributed by atoms with Crippen LogP contribution in [-0.4, -0.2) is 96.7 Å². The van der Waals surface area contributed by atoms with Crippen molar-refractivity contribution in [1.29, 1.82) is 0 Å². The molecule has 0 amide bonds. The zero-order valence-corrected chi connectivity index (χ0v) is 60.6. The summed E-state index contributed by atoms with van der Waals surface area (Å²) in [5.41, 5.74) is 0. The number of carbonyl (C=O) groups is 4. The Labute approximate surface area is 549 Å². The lowest BCUT2D eigenvalue weighted by Crippen LogP contribution is -2.30. The maximum atomic E-state index is 13.0. The van der Waals surface area contributed by atoms with Gasteiger partial charge in [-0.05, 0) is 49.4 Å². The molecule has 0 saturated carbocycles. The van der Waals surface area contributed by atoms with Gasteiger partial charge >= 0.3 is 39.5 Å². The van der Waals surface area contributed by atoms with Crippen molar-refractivity contribution in [2.24, 2.45) is 23.7 Å². The van der Waals surface area contributed by atoms with E-state index < -0.39 is 97.5 Å². The molecule has 534 valence electrons. The maximum Gasteiger partial charge on any atom is 0.472 e. The molecule has 0 rings (SSSR count). The van der Waals surface area contributed by atoms with E-state index in [1.165, 1.54) is 141 Å². The number of esters is 4. The minimum absolute atomic E-state index is 0.105. The van der Waals surface area contributed by atoms with Gasteiger partial charge in [-0.15, -0.1) is 0 Å². The second-order valence-electron chi connectivity index (χ2n) is 27.3. The fourth-order valence-electron chi connectivity index (χ4n) is 10.6. The van der Waals surface area contributed by atoms with Crippen molar-refractivity contribution in [3.8, 4) is 0 Å². The van der Waals surface area contributed by atoms with Gasteiger partial charge in [0.2, 0.25) is 0 Å². The topological polar surface area (TPSA) is 237 Å². The third-order valence-corrected chi connectivity index (χ3v) is 18.6. The molecule has 6 atom stereocenters. The lowest BCUT2D eigenvalue weighted by Gasteiger charge is -2.21. The number of hydrogen-bond donors (Lipinski definition) is 3. The third-order valence-electron chi connectivity index (χ3n) is 16.7.